The molecule has 0 radical (unpaired) electrons. The van der Waals surface area contributed by atoms with Crippen molar-refractivity contribution in [2.75, 3.05) is 44.7 Å². The quantitative estimate of drug-likeness (QED) is 0.839. The Bertz CT molecular complexity index is 398. The number of anilines is 1. The van der Waals surface area contributed by atoms with Gasteiger partial charge >= 0.3 is 0 Å². The number of hydrogen-bond donors (Lipinski definition) is 1. The largest absolute Gasteiger partial charge is 0.337 e. The van der Waals surface area contributed by atoms with E-state index in [1.165, 1.54) is 0 Å². The average molecular weight is 281 g/mol. The van der Waals surface area contributed by atoms with E-state index in [0.29, 0.717) is 12.0 Å². The van der Waals surface area contributed by atoms with Crippen LogP contribution in [0.5, 0.6) is 0 Å². The van der Waals surface area contributed by atoms with E-state index in [-0.39, 0.29) is 0 Å². The maximum atomic E-state index is 5.42. The summed E-state index contributed by atoms with van der Waals surface area (Å²) in [5.41, 5.74) is 0. The molecule has 1 fully saturated rings. The molecule has 0 amide bonds. The predicted octanol–water partition coefficient (Wildman–Crippen LogP) is 0.998. The molecule has 1 saturated heterocycles. The number of likely N-dealkylation sites (N-methyl/N-ethyl adjacent to an activating group) is 2. The van der Waals surface area contributed by atoms with Crippen molar-refractivity contribution in [1.82, 2.24) is 20.4 Å². The van der Waals surface area contributed by atoms with Gasteiger partial charge in [0.15, 0.2) is 0 Å². The lowest BCUT2D eigenvalue weighted by atomic mass is 10.0. The molecule has 20 heavy (non-hydrogen) atoms. The summed E-state index contributed by atoms with van der Waals surface area (Å²) in [7, 11) is 2.14. The summed E-state index contributed by atoms with van der Waals surface area (Å²) in [5, 5.41) is 7.61. The van der Waals surface area contributed by atoms with Crippen molar-refractivity contribution in [2.24, 2.45) is 5.92 Å². The molecular formula is C14H27N5O. The molecule has 0 aliphatic carbocycles. The molecule has 0 spiro atoms. The Morgan fingerprint density at radius 3 is 2.55 bits per heavy atom. The Balaban J connectivity index is 1.94. The van der Waals surface area contributed by atoms with Crippen LogP contribution < -0.4 is 10.2 Å². The summed E-state index contributed by atoms with van der Waals surface area (Å²) >= 11 is 0. The molecule has 2 heterocycles. The van der Waals surface area contributed by atoms with Gasteiger partial charge in [-0.2, -0.15) is 4.98 Å². The fraction of sp³-hybridized carbons (Fsp3) is 0.857. The van der Waals surface area contributed by atoms with E-state index in [0.717, 1.165) is 51.0 Å². The summed E-state index contributed by atoms with van der Waals surface area (Å²) in [6, 6.07) is 0.390. The Morgan fingerprint density at radius 1 is 1.25 bits per heavy atom. The molecule has 1 N–H and O–H groups in total. The molecule has 1 aromatic heterocycles. The van der Waals surface area contributed by atoms with Gasteiger partial charge in [0.25, 0.3) is 5.95 Å². The molecule has 1 aliphatic rings. The van der Waals surface area contributed by atoms with Crippen LogP contribution in [0.3, 0.4) is 0 Å². The van der Waals surface area contributed by atoms with Gasteiger partial charge in [-0.05, 0) is 24.7 Å². The van der Waals surface area contributed by atoms with Crippen molar-refractivity contribution in [1.29, 1.82) is 0 Å². The molecule has 1 aromatic rings. The van der Waals surface area contributed by atoms with Crippen LogP contribution in [-0.4, -0.2) is 60.9 Å². The molecule has 0 bridgehead atoms. The van der Waals surface area contributed by atoms with Crippen molar-refractivity contribution in [3.05, 3.63) is 5.89 Å². The topological polar surface area (TPSA) is 57.4 Å². The highest BCUT2D eigenvalue weighted by Gasteiger charge is 2.21. The van der Waals surface area contributed by atoms with Crippen LogP contribution in [0.4, 0.5) is 5.95 Å². The third-order valence-electron chi connectivity index (χ3n) is 3.91. The number of piperazine rings is 1. The standard InChI is InChI=1S/C14H27N5O/c1-5-15-12(11(2)3)10-13-16-14(17-20-13)19-8-6-18(4)7-9-19/h11-12,15H,5-10H2,1-4H3. The van der Waals surface area contributed by atoms with Gasteiger partial charge in [0.05, 0.1) is 0 Å². The number of rotatable bonds is 6. The fourth-order valence-electron chi connectivity index (χ4n) is 2.46. The van der Waals surface area contributed by atoms with Gasteiger partial charge in [-0.3, -0.25) is 0 Å². The van der Waals surface area contributed by atoms with E-state index in [2.05, 4.69) is 53.1 Å². The minimum absolute atomic E-state index is 0.390. The highest BCUT2D eigenvalue weighted by molar-refractivity contribution is 5.28. The lowest BCUT2D eigenvalue weighted by Gasteiger charge is -2.31. The minimum Gasteiger partial charge on any atom is -0.337 e. The zero-order chi connectivity index (χ0) is 14.5. The first-order chi connectivity index (χ1) is 9.60. The van der Waals surface area contributed by atoms with E-state index >= 15 is 0 Å². The summed E-state index contributed by atoms with van der Waals surface area (Å²) in [5.74, 6) is 2.03. The van der Waals surface area contributed by atoms with Gasteiger partial charge < -0.3 is 19.6 Å². The van der Waals surface area contributed by atoms with Crippen molar-refractivity contribution >= 4 is 5.95 Å². The van der Waals surface area contributed by atoms with Crippen LogP contribution in [0.15, 0.2) is 4.52 Å². The van der Waals surface area contributed by atoms with Gasteiger partial charge in [-0.1, -0.05) is 20.8 Å². The Labute approximate surface area is 121 Å². The monoisotopic (exact) mass is 281 g/mol. The average Bonchev–Trinajstić information content (AvgIpc) is 2.87. The molecule has 1 atom stereocenters. The second-order valence-electron chi connectivity index (χ2n) is 5.89. The lowest BCUT2D eigenvalue weighted by molar-refractivity contribution is 0.307. The predicted molar refractivity (Wildman–Crippen MR) is 80.0 cm³/mol. The van der Waals surface area contributed by atoms with Gasteiger partial charge in [0.2, 0.25) is 5.89 Å². The summed E-state index contributed by atoms with van der Waals surface area (Å²) in [6.45, 7) is 11.6. The zero-order valence-electron chi connectivity index (χ0n) is 13.1. The molecule has 114 valence electrons. The summed E-state index contributed by atoms with van der Waals surface area (Å²) in [4.78, 5) is 9.07. The van der Waals surface area contributed by atoms with Crippen LogP contribution in [-0.2, 0) is 6.42 Å². The Kier molecular flexibility index (Phi) is 5.37. The van der Waals surface area contributed by atoms with Crippen molar-refractivity contribution in [3.63, 3.8) is 0 Å². The van der Waals surface area contributed by atoms with E-state index < -0.39 is 0 Å². The highest BCUT2D eigenvalue weighted by atomic mass is 16.5. The number of hydrogen-bond acceptors (Lipinski definition) is 6. The third kappa shape index (κ3) is 3.93. The first kappa shape index (κ1) is 15.3. The minimum atomic E-state index is 0.390. The molecule has 0 aromatic carbocycles. The van der Waals surface area contributed by atoms with Crippen LogP contribution >= 0.6 is 0 Å². The summed E-state index contributed by atoms with van der Waals surface area (Å²) < 4.78 is 5.42. The molecule has 0 saturated carbocycles. The zero-order valence-corrected chi connectivity index (χ0v) is 13.1. The Hall–Kier alpha value is -1.14. The molecule has 6 nitrogen and oxygen atoms in total. The third-order valence-corrected chi connectivity index (χ3v) is 3.91. The van der Waals surface area contributed by atoms with E-state index in [9.17, 15) is 0 Å². The molecular weight excluding hydrogens is 254 g/mol. The lowest BCUT2D eigenvalue weighted by Crippen LogP contribution is -2.45. The van der Waals surface area contributed by atoms with Crippen LogP contribution in [0.2, 0.25) is 0 Å². The van der Waals surface area contributed by atoms with Gasteiger partial charge in [-0.15, -0.1) is 0 Å². The molecule has 1 unspecified atom stereocenters. The first-order valence-electron chi connectivity index (χ1n) is 7.59. The SMILES string of the molecule is CCNC(Cc1nc(N2CCN(C)CC2)no1)C(C)C. The van der Waals surface area contributed by atoms with Crippen LogP contribution in [0, 0.1) is 5.92 Å². The number of nitrogens with one attached hydrogen (secondary N) is 1. The molecule has 2 rings (SSSR count). The Morgan fingerprint density at radius 2 is 1.95 bits per heavy atom. The van der Waals surface area contributed by atoms with Crippen LogP contribution in [0.1, 0.15) is 26.7 Å². The highest BCUT2D eigenvalue weighted by Crippen LogP contribution is 2.14. The normalized spacial score (nSPS) is 18.8. The van der Waals surface area contributed by atoms with E-state index in [1.54, 1.807) is 0 Å². The molecule has 1 aliphatic heterocycles. The van der Waals surface area contributed by atoms with E-state index in [4.69, 9.17) is 4.52 Å². The van der Waals surface area contributed by atoms with E-state index in [1.807, 2.05) is 0 Å². The van der Waals surface area contributed by atoms with Crippen LogP contribution in [0.25, 0.3) is 0 Å². The van der Waals surface area contributed by atoms with Gasteiger partial charge in [0, 0.05) is 38.6 Å². The van der Waals surface area contributed by atoms with Gasteiger partial charge in [-0.25, -0.2) is 0 Å². The smallest absolute Gasteiger partial charge is 0.266 e. The second kappa shape index (κ2) is 7.04. The number of aromatic nitrogens is 2. The van der Waals surface area contributed by atoms with Crippen molar-refractivity contribution < 1.29 is 4.52 Å². The summed E-state index contributed by atoms with van der Waals surface area (Å²) in [6.07, 6.45) is 0.798. The van der Waals surface area contributed by atoms with Crippen molar-refractivity contribution in [2.45, 2.75) is 33.2 Å². The van der Waals surface area contributed by atoms with Gasteiger partial charge in [0.1, 0.15) is 0 Å². The molecule has 6 heteroatoms. The fourth-order valence-corrected chi connectivity index (χ4v) is 2.46. The maximum absolute atomic E-state index is 5.42. The number of nitrogens with zero attached hydrogens (tertiary/aromatic N) is 4. The maximum Gasteiger partial charge on any atom is 0.266 e. The second-order valence-corrected chi connectivity index (χ2v) is 5.89. The van der Waals surface area contributed by atoms with Crippen molar-refractivity contribution in [3.8, 4) is 0 Å². The first-order valence-corrected chi connectivity index (χ1v) is 7.59.